The average molecular weight is 250 g/mol. The topological polar surface area (TPSA) is 42.9 Å². The number of aldehydes is 1. The summed E-state index contributed by atoms with van der Waals surface area (Å²) < 4.78 is 0. The van der Waals surface area contributed by atoms with Gasteiger partial charge in [0.25, 0.3) is 0 Å². The van der Waals surface area contributed by atoms with E-state index in [1.165, 1.54) is 12.5 Å². The Bertz CT molecular complexity index is 412. The lowest BCUT2D eigenvalue weighted by Crippen LogP contribution is -1.85. The summed E-state index contributed by atoms with van der Waals surface area (Å²) >= 11 is 1.68. The van der Waals surface area contributed by atoms with E-state index in [9.17, 15) is 0 Å². The summed E-state index contributed by atoms with van der Waals surface area (Å²) in [5.41, 5.74) is 2.38. The SMILES string of the molecule is CC.CC=O.Cc1cscc1-c1ncccn1. The molecule has 0 aliphatic heterocycles. The second-order valence-corrected chi connectivity index (χ2v) is 3.52. The first kappa shape index (κ1) is 15.4. The predicted molar refractivity (Wildman–Crippen MR) is 73.2 cm³/mol. The van der Waals surface area contributed by atoms with Crippen LogP contribution < -0.4 is 0 Å². The van der Waals surface area contributed by atoms with Crippen molar-refractivity contribution in [2.75, 3.05) is 0 Å². The fraction of sp³-hybridized carbons (Fsp3) is 0.308. The maximum atomic E-state index is 8.81. The monoisotopic (exact) mass is 250 g/mol. The van der Waals surface area contributed by atoms with Crippen LogP contribution in [0.1, 0.15) is 26.3 Å². The summed E-state index contributed by atoms with van der Waals surface area (Å²) in [6.07, 6.45) is 4.28. The lowest BCUT2D eigenvalue weighted by Gasteiger charge is -1.95. The van der Waals surface area contributed by atoms with Gasteiger partial charge in [-0.3, -0.25) is 0 Å². The number of thiophene rings is 1. The third-order valence-electron chi connectivity index (χ3n) is 1.66. The first-order chi connectivity index (χ1) is 8.29. The van der Waals surface area contributed by atoms with Crippen LogP contribution >= 0.6 is 11.3 Å². The second kappa shape index (κ2) is 9.66. The van der Waals surface area contributed by atoms with Crippen molar-refractivity contribution < 1.29 is 4.79 Å². The normalized spacial score (nSPS) is 8.24. The molecule has 0 unspecified atom stereocenters. The Morgan fingerprint density at radius 1 is 1.18 bits per heavy atom. The number of nitrogens with zero attached hydrogens (tertiary/aromatic N) is 2. The molecular weight excluding hydrogens is 232 g/mol. The molecule has 0 N–H and O–H groups in total. The lowest BCUT2D eigenvalue weighted by molar-refractivity contribution is -0.106. The van der Waals surface area contributed by atoms with Crippen molar-refractivity contribution in [1.82, 2.24) is 9.97 Å². The molecule has 0 fully saturated rings. The number of hydrogen-bond donors (Lipinski definition) is 0. The van der Waals surface area contributed by atoms with E-state index in [4.69, 9.17) is 4.79 Å². The van der Waals surface area contributed by atoms with Crippen molar-refractivity contribution in [3.8, 4) is 11.4 Å². The number of carbonyl (C=O) groups is 1. The standard InChI is InChI=1S/C9H8N2S.C2H4O.C2H6/c1-7-5-12-6-8(7)9-10-3-2-4-11-9;1-2-3;1-2/h2-6H,1H3;2H,1H3;1-2H3. The van der Waals surface area contributed by atoms with Gasteiger partial charge in [0.2, 0.25) is 0 Å². The smallest absolute Gasteiger partial charge is 0.160 e. The molecule has 17 heavy (non-hydrogen) atoms. The maximum Gasteiger partial charge on any atom is 0.160 e. The van der Waals surface area contributed by atoms with E-state index in [0.29, 0.717) is 0 Å². The van der Waals surface area contributed by atoms with Gasteiger partial charge in [0.15, 0.2) is 5.82 Å². The van der Waals surface area contributed by atoms with Crippen molar-refractivity contribution in [1.29, 1.82) is 0 Å². The van der Waals surface area contributed by atoms with Gasteiger partial charge in [0.1, 0.15) is 6.29 Å². The number of aryl methyl sites for hydroxylation is 1. The molecule has 2 heterocycles. The largest absolute Gasteiger partial charge is 0.304 e. The molecule has 2 rings (SSSR count). The minimum absolute atomic E-state index is 0.750. The Labute approximate surface area is 107 Å². The number of aromatic nitrogens is 2. The quantitative estimate of drug-likeness (QED) is 0.724. The predicted octanol–water partition coefficient (Wildman–Crippen LogP) is 3.74. The zero-order chi connectivity index (χ0) is 13.1. The number of rotatable bonds is 1. The number of carbonyl (C=O) groups excluding carboxylic acids is 1. The van der Waals surface area contributed by atoms with E-state index >= 15 is 0 Å². The zero-order valence-electron chi connectivity index (χ0n) is 10.7. The number of hydrogen-bond acceptors (Lipinski definition) is 4. The molecule has 0 radical (unpaired) electrons. The van der Waals surface area contributed by atoms with Crippen molar-refractivity contribution in [3.05, 3.63) is 34.8 Å². The fourth-order valence-electron chi connectivity index (χ4n) is 1.03. The minimum Gasteiger partial charge on any atom is -0.304 e. The van der Waals surface area contributed by atoms with Crippen molar-refractivity contribution in [2.45, 2.75) is 27.7 Å². The van der Waals surface area contributed by atoms with Gasteiger partial charge in [-0.15, -0.1) is 0 Å². The summed E-state index contributed by atoms with van der Waals surface area (Å²) in [4.78, 5) is 17.2. The molecule has 0 aromatic carbocycles. The van der Waals surface area contributed by atoms with Crippen LogP contribution in [0.15, 0.2) is 29.2 Å². The maximum absolute atomic E-state index is 8.81. The van der Waals surface area contributed by atoms with Gasteiger partial charge in [0.05, 0.1) is 0 Å². The summed E-state index contributed by atoms with van der Waals surface area (Å²) in [7, 11) is 0. The molecule has 0 aliphatic carbocycles. The average Bonchev–Trinajstić information content (AvgIpc) is 2.80. The first-order valence-corrected chi connectivity index (χ1v) is 6.43. The van der Waals surface area contributed by atoms with E-state index in [0.717, 1.165) is 17.7 Å². The van der Waals surface area contributed by atoms with Gasteiger partial charge < -0.3 is 4.79 Å². The van der Waals surface area contributed by atoms with E-state index in [-0.39, 0.29) is 0 Å². The van der Waals surface area contributed by atoms with Gasteiger partial charge in [-0.05, 0) is 30.9 Å². The minimum atomic E-state index is 0.750. The molecule has 2 aromatic heterocycles. The molecule has 92 valence electrons. The summed E-state index contributed by atoms with van der Waals surface area (Å²) in [6, 6.07) is 1.82. The molecule has 0 aliphatic rings. The summed E-state index contributed by atoms with van der Waals surface area (Å²) in [5.74, 6) is 0.816. The lowest BCUT2D eigenvalue weighted by atomic mass is 10.2. The van der Waals surface area contributed by atoms with Crippen molar-refractivity contribution >= 4 is 17.6 Å². The molecule has 0 saturated carbocycles. The van der Waals surface area contributed by atoms with Crippen LogP contribution in [-0.4, -0.2) is 16.3 Å². The fourth-order valence-corrected chi connectivity index (χ4v) is 1.85. The highest BCUT2D eigenvalue weighted by atomic mass is 32.1. The molecule has 0 spiro atoms. The Balaban J connectivity index is 0.000000450. The van der Waals surface area contributed by atoms with E-state index in [2.05, 4.69) is 27.7 Å². The van der Waals surface area contributed by atoms with Crippen molar-refractivity contribution in [3.63, 3.8) is 0 Å². The Morgan fingerprint density at radius 3 is 2.12 bits per heavy atom. The van der Waals surface area contributed by atoms with Gasteiger partial charge in [-0.2, -0.15) is 11.3 Å². The third kappa shape index (κ3) is 5.36. The van der Waals surface area contributed by atoms with Gasteiger partial charge in [-0.1, -0.05) is 13.8 Å². The second-order valence-electron chi connectivity index (χ2n) is 2.78. The van der Waals surface area contributed by atoms with Crippen molar-refractivity contribution in [2.24, 2.45) is 0 Å². The molecule has 2 aromatic rings. The van der Waals surface area contributed by atoms with Gasteiger partial charge in [0, 0.05) is 23.3 Å². The van der Waals surface area contributed by atoms with Crippen LogP contribution in [0.25, 0.3) is 11.4 Å². The highest BCUT2D eigenvalue weighted by molar-refractivity contribution is 7.08. The van der Waals surface area contributed by atoms with Crippen LogP contribution in [0, 0.1) is 6.92 Å². The molecule has 3 nitrogen and oxygen atoms in total. The van der Waals surface area contributed by atoms with Crippen LogP contribution in [0.5, 0.6) is 0 Å². The first-order valence-electron chi connectivity index (χ1n) is 5.49. The molecule has 0 atom stereocenters. The van der Waals surface area contributed by atoms with Gasteiger partial charge >= 0.3 is 0 Å². The van der Waals surface area contributed by atoms with Gasteiger partial charge in [-0.25, -0.2) is 9.97 Å². The summed E-state index contributed by atoms with van der Waals surface area (Å²) in [5, 5.41) is 4.18. The molecule has 4 heteroatoms. The molecule has 0 saturated heterocycles. The Hall–Kier alpha value is -1.55. The van der Waals surface area contributed by atoms with E-state index in [1.807, 2.05) is 19.9 Å². The van der Waals surface area contributed by atoms with E-state index in [1.54, 1.807) is 23.7 Å². The van der Waals surface area contributed by atoms with Crippen LogP contribution in [0.2, 0.25) is 0 Å². The third-order valence-corrected chi connectivity index (χ3v) is 2.52. The highest BCUT2D eigenvalue weighted by Gasteiger charge is 2.03. The highest BCUT2D eigenvalue weighted by Crippen LogP contribution is 2.22. The molecular formula is C13H18N2OS. The van der Waals surface area contributed by atoms with Crippen LogP contribution in [-0.2, 0) is 4.79 Å². The van der Waals surface area contributed by atoms with Crippen LogP contribution in [0.3, 0.4) is 0 Å². The molecule has 0 amide bonds. The zero-order valence-corrected chi connectivity index (χ0v) is 11.5. The Morgan fingerprint density at radius 2 is 1.71 bits per heavy atom. The van der Waals surface area contributed by atoms with Crippen LogP contribution in [0.4, 0.5) is 0 Å². The Kier molecular flexibility index (Phi) is 8.78. The summed E-state index contributed by atoms with van der Waals surface area (Å²) in [6.45, 7) is 7.52. The van der Waals surface area contributed by atoms with E-state index < -0.39 is 0 Å². The molecule has 0 bridgehead atoms.